The molecule has 0 aliphatic heterocycles. The van der Waals surface area contributed by atoms with Gasteiger partial charge in [-0.25, -0.2) is 4.79 Å². The molecule has 0 fully saturated rings. The maximum atomic E-state index is 11.6. The minimum absolute atomic E-state index is 0.110. The van der Waals surface area contributed by atoms with Gasteiger partial charge < -0.3 is 9.79 Å². The zero-order valence-electron chi connectivity index (χ0n) is 10.5. The van der Waals surface area contributed by atoms with Gasteiger partial charge in [0.1, 0.15) is 5.02 Å². The van der Waals surface area contributed by atoms with Gasteiger partial charge >= 0.3 is 5.69 Å². The minimum atomic E-state index is -4.37. The molecular weight excluding hydrogens is 307 g/mol. The largest absolute Gasteiger partial charge is 0.659 e. The lowest BCUT2D eigenvalue weighted by Crippen LogP contribution is -2.30. The van der Waals surface area contributed by atoms with E-state index in [2.05, 4.69) is 4.98 Å². The maximum absolute atomic E-state index is 11.6. The van der Waals surface area contributed by atoms with Crippen LogP contribution in [-0.2, 0) is 6.54 Å². The Hall–Kier alpha value is -0.980. The first-order valence-corrected chi connectivity index (χ1v) is 8.12. The molecular formula is C11H13ClN2O5P-. The highest BCUT2D eigenvalue weighted by molar-refractivity contribution is 7.55. The van der Waals surface area contributed by atoms with E-state index < -0.39 is 25.4 Å². The SMILES string of the molecule is O=c1[nH]c(=O)n(CC2=C(C[P+]([O-])([O-])O)CCC2)cc1Cl. The highest BCUT2D eigenvalue weighted by Gasteiger charge is 2.21. The average Bonchev–Trinajstić information content (AvgIpc) is 2.71. The first kappa shape index (κ1) is 15.4. The second-order valence-corrected chi connectivity index (χ2v) is 6.72. The number of rotatable bonds is 4. The zero-order valence-corrected chi connectivity index (χ0v) is 12.1. The first-order valence-electron chi connectivity index (χ1n) is 5.98. The van der Waals surface area contributed by atoms with Crippen LogP contribution in [0, 0.1) is 0 Å². The lowest BCUT2D eigenvalue weighted by atomic mass is 10.2. The van der Waals surface area contributed by atoms with Crippen molar-refractivity contribution in [2.24, 2.45) is 0 Å². The Balaban J connectivity index is 2.29. The number of halogens is 1. The Morgan fingerprint density at radius 2 is 2.00 bits per heavy atom. The summed E-state index contributed by atoms with van der Waals surface area (Å²) >= 11 is 5.66. The third kappa shape index (κ3) is 3.77. The van der Waals surface area contributed by atoms with Gasteiger partial charge in [-0.1, -0.05) is 11.6 Å². The maximum Gasteiger partial charge on any atom is 0.328 e. The summed E-state index contributed by atoms with van der Waals surface area (Å²) in [6, 6.07) is 0. The second-order valence-electron chi connectivity index (χ2n) is 4.72. The molecule has 0 bridgehead atoms. The van der Waals surface area contributed by atoms with Crippen molar-refractivity contribution in [2.75, 3.05) is 6.16 Å². The highest BCUT2D eigenvalue weighted by atomic mass is 35.5. The fourth-order valence-corrected chi connectivity index (χ4v) is 3.33. The van der Waals surface area contributed by atoms with Gasteiger partial charge in [0, 0.05) is 20.7 Å². The molecule has 20 heavy (non-hydrogen) atoms. The summed E-state index contributed by atoms with van der Waals surface area (Å²) in [6.45, 7) is 0.157. The highest BCUT2D eigenvalue weighted by Crippen LogP contribution is 2.41. The summed E-state index contributed by atoms with van der Waals surface area (Å²) in [6.07, 6.45) is 2.83. The predicted octanol–water partition coefficient (Wildman–Crippen LogP) is -0.854. The lowest BCUT2D eigenvalue weighted by molar-refractivity contribution is -0.330. The molecule has 0 aromatic carbocycles. The van der Waals surface area contributed by atoms with Crippen molar-refractivity contribution >= 4 is 19.5 Å². The van der Waals surface area contributed by atoms with Crippen LogP contribution in [0.4, 0.5) is 0 Å². The molecule has 1 aromatic rings. The van der Waals surface area contributed by atoms with Gasteiger partial charge in [0.25, 0.3) is 5.56 Å². The van der Waals surface area contributed by atoms with Crippen LogP contribution in [0.2, 0.25) is 5.02 Å². The van der Waals surface area contributed by atoms with E-state index >= 15 is 0 Å². The molecule has 1 aliphatic rings. The molecule has 2 rings (SSSR count). The predicted molar refractivity (Wildman–Crippen MR) is 71.2 cm³/mol. The minimum Gasteiger partial charge on any atom is -0.659 e. The molecule has 1 heterocycles. The Kier molecular flexibility index (Phi) is 4.46. The number of nitrogens with zero attached hydrogens (tertiary/aromatic N) is 1. The number of hydrogen-bond acceptors (Lipinski definition) is 5. The molecule has 0 saturated carbocycles. The van der Waals surface area contributed by atoms with Gasteiger partial charge in [-0.2, -0.15) is 0 Å². The summed E-state index contributed by atoms with van der Waals surface area (Å²) in [5, 5.41) is -0.110. The summed E-state index contributed by atoms with van der Waals surface area (Å²) in [7, 11) is -4.37. The van der Waals surface area contributed by atoms with Crippen molar-refractivity contribution < 1.29 is 14.7 Å². The summed E-state index contributed by atoms with van der Waals surface area (Å²) in [5.41, 5.74) is 0.140. The molecule has 0 saturated heterocycles. The number of nitrogens with one attached hydrogen (secondary N) is 1. The molecule has 0 amide bonds. The first-order chi connectivity index (χ1) is 9.26. The van der Waals surface area contributed by atoms with Crippen LogP contribution >= 0.6 is 19.5 Å². The van der Waals surface area contributed by atoms with Crippen LogP contribution in [0.3, 0.4) is 0 Å². The van der Waals surface area contributed by atoms with E-state index in [4.69, 9.17) is 16.5 Å². The van der Waals surface area contributed by atoms with Crippen molar-refractivity contribution in [1.82, 2.24) is 9.55 Å². The van der Waals surface area contributed by atoms with Gasteiger partial charge in [0.2, 0.25) is 0 Å². The Labute approximate surface area is 119 Å². The van der Waals surface area contributed by atoms with E-state index in [0.717, 1.165) is 12.0 Å². The molecule has 0 unspecified atom stereocenters. The number of allylic oxidation sites excluding steroid dienone is 2. The average molecular weight is 320 g/mol. The van der Waals surface area contributed by atoms with Crippen LogP contribution < -0.4 is 21.0 Å². The number of aromatic amines is 1. The quantitative estimate of drug-likeness (QED) is 0.553. The zero-order chi connectivity index (χ0) is 14.9. The molecule has 0 spiro atoms. The van der Waals surface area contributed by atoms with E-state index in [1.165, 1.54) is 10.8 Å². The van der Waals surface area contributed by atoms with Crippen LogP contribution in [0.5, 0.6) is 0 Å². The van der Waals surface area contributed by atoms with E-state index in [1.807, 2.05) is 0 Å². The molecule has 0 atom stereocenters. The Morgan fingerprint density at radius 3 is 2.65 bits per heavy atom. The fourth-order valence-electron chi connectivity index (χ4n) is 2.30. The van der Waals surface area contributed by atoms with E-state index in [-0.39, 0.29) is 11.6 Å². The normalized spacial score (nSPS) is 16.0. The van der Waals surface area contributed by atoms with E-state index in [0.29, 0.717) is 18.4 Å². The molecule has 1 aromatic heterocycles. The van der Waals surface area contributed by atoms with Crippen molar-refractivity contribution in [2.45, 2.75) is 25.8 Å². The summed E-state index contributed by atoms with van der Waals surface area (Å²) in [5.74, 6) is 0. The molecule has 110 valence electrons. The fraction of sp³-hybridized carbons (Fsp3) is 0.455. The van der Waals surface area contributed by atoms with Gasteiger partial charge in [0.05, 0.1) is 6.16 Å². The standard InChI is InChI=1S/C11H14ClN2O5P/c12-9-5-14(11(16)13-10(9)15)4-7-2-1-3-8(7)6-20(17,18)19/h5H,1-4,6H2,(H,13,15,16)(H2,17,18,19)/p-1. The summed E-state index contributed by atoms with van der Waals surface area (Å²) < 4.78 is 1.22. The Morgan fingerprint density at radius 1 is 1.35 bits per heavy atom. The van der Waals surface area contributed by atoms with E-state index in [9.17, 15) is 19.4 Å². The smallest absolute Gasteiger partial charge is 0.328 e. The van der Waals surface area contributed by atoms with Gasteiger partial charge in [-0.05, 0) is 30.4 Å². The van der Waals surface area contributed by atoms with Crippen molar-refractivity contribution in [3.8, 4) is 0 Å². The number of H-pyrrole nitrogens is 1. The third-order valence-electron chi connectivity index (χ3n) is 3.18. The molecule has 0 radical (unpaired) electrons. The molecule has 7 nitrogen and oxygen atoms in total. The van der Waals surface area contributed by atoms with Crippen molar-refractivity contribution in [3.63, 3.8) is 0 Å². The van der Waals surface area contributed by atoms with Crippen LogP contribution in [0.1, 0.15) is 19.3 Å². The monoisotopic (exact) mass is 319 g/mol. The van der Waals surface area contributed by atoms with Crippen LogP contribution in [0.15, 0.2) is 26.9 Å². The molecule has 9 heteroatoms. The second kappa shape index (κ2) is 5.79. The number of aromatic nitrogens is 2. The van der Waals surface area contributed by atoms with Crippen molar-refractivity contribution in [3.05, 3.63) is 43.2 Å². The van der Waals surface area contributed by atoms with E-state index in [1.54, 1.807) is 0 Å². The van der Waals surface area contributed by atoms with Gasteiger partial charge in [-0.15, -0.1) is 0 Å². The third-order valence-corrected chi connectivity index (χ3v) is 4.23. The molecule has 1 aliphatic carbocycles. The van der Waals surface area contributed by atoms with Crippen LogP contribution in [0.25, 0.3) is 0 Å². The number of hydrogen-bond donors (Lipinski definition) is 2. The van der Waals surface area contributed by atoms with Crippen molar-refractivity contribution in [1.29, 1.82) is 0 Å². The van der Waals surface area contributed by atoms with Gasteiger partial charge in [-0.3, -0.25) is 19.2 Å². The Bertz CT molecular complexity index is 658. The van der Waals surface area contributed by atoms with Crippen LogP contribution in [-0.4, -0.2) is 20.6 Å². The lowest BCUT2D eigenvalue weighted by Gasteiger charge is -2.28. The summed E-state index contributed by atoms with van der Waals surface area (Å²) in [4.78, 5) is 55.7. The molecule has 2 N–H and O–H groups in total. The topological polar surface area (TPSA) is 121 Å². The van der Waals surface area contributed by atoms with Gasteiger partial charge in [0.15, 0.2) is 0 Å².